The molecule has 0 unspecified atom stereocenters. The number of alkyl halides is 3. The number of phenolic OH excluding ortho intramolecular Hbond substituents is 1. The van der Waals surface area contributed by atoms with Crippen LogP contribution in [0.4, 0.5) is 17.1 Å². The zero-order valence-electron chi connectivity index (χ0n) is 23.4. The third-order valence-electron chi connectivity index (χ3n) is 9.50. The number of carbonyl (C=O) groups excluding carboxylic acids is 4. The monoisotopic (exact) mass is 771 g/mol. The number of carbonyl (C=O) groups is 4. The van der Waals surface area contributed by atoms with Crippen molar-refractivity contribution in [1.82, 2.24) is 4.90 Å². The van der Waals surface area contributed by atoms with Gasteiger partial charge in [0.15, 0.2) is 9.75 Å². The molecule has 8 nitrogen and oxygen atoms in total. The highest BCUT2D eigenvalue weighted by Crippen LogP contribution is 2.66. The highest BCUT2D eigenvalue weighted by atomic mass is 79.9. The first-order valence-electron chi connectivity index (χ1n) is 14.3. The second kappa shape index (κ2) is 11.0. The van der Waals surface area contributed by atoms with Gasteiger partial charge in [-0.3, -0.25) is 29.0 Å². The fourth-order valence-electron chi connectivity index (χ4n) is 7.49. The number of hydrogen-bond acceptors (Lipinski definition) is 6. The van der Waals surface area contributed by atoms with Crippen molar-refractivity contribution in [2.75, 3.05) is 15.7 Å². The lowest BCUT2D eigenvalue weighted by molar-refractivity contribution is -0.138. The summed E-state index contributed by atoms with van der Waals surface area (Å²) in [5.74, 6) is -5.52. The number of amides is 4. The highest BCUT2D eigenvalue weighted by molar-refractivity contribution is 9.10. The second-order valence-corrected chi connectivity index (χ2v) is 14.4. The number of rotatable bonds is 5. The van der Waals surface area contributed by atoms with Crippen LogP contribution in [-0.4, -0.2) is 48.8 Å². The van der Waals surface area contributed by atoms with E-state index in [1.807, 2.05) is 36.4 Å². The van der Waals surface area contributed by atoms with Crippen LogP contribution in [-0.2, 0) is 19.2 Å². The van der Waals surface area contributed by atoms with Crippen LogP contribution < -0.4 is 10.2 Å². The lowest BCUT2D eigenvalue weighted by Gasteiger charge is -2.50. The molecule has 12 heteroatoms. The zero-order valence-corrected chi connectivity index (χ0v) is 28.1. The summed E-state index contributed by atoms with van der Waals surface area (Å²) in [5.41, 5.74) is 2.90. The third-order valence-corrected chi connectivity index (χ3v) is 11.9. The van der Waals surface area contributed by atoms with Crippen molar-refractivity contribution < 1.29 is 24.3 Å². The zero-order chi connectivity index (χ0) is 31.8. The Labute approximate surface area is 285 Å². The number of para-hydroxylation sites is 1. The topological polar surface area (TPSA) is 107 Å². The van der Waals surface area contributed by atoms with Gasteiger partial charge in [-0.2, -0.15) is 0 Å². The van der Waals surface area contributed by atoms with Gasteiger partial charge in [0.2, 0.25) is 11.8 Å². The van der Waals surface area contributed by atoms with Crippen molar-refractivity contribution in [3.63, 3.8) is 0 Å². The molecule has 230 valence electrons. The largest absolute Gasteiger partial charge is 0.508 e. The SMILES string of the molecule is O=C1[C@H]2[C@H](CC=C3[C@H]2C[C@@]2(Cl)C(=O)N(CBr)C(=O)[C@@]2(Cl)[C@H]3c2cc(Br)ccc2O)C(=O)N1c1ccc(Nc2ccccc2)cc1. The average molecular weight is 774 g/mol. The molecule has 2 aliphatic carbocycles. The van der Waals surface area contributed by atoms with Gasteiger partial charge in [-0.15, -0.1) is 23.2 Å². The molecule has 2 aliphatic heterocycles. The Kier molecular flexibility index (Phi) is 7.43. The number of benzene rings is 3. The minimum Gasteiger partial charge on any atom is -0.508 e. The van der Waals surface area contributed by atoms with Gasteiger partial charge in [-0.1, -0.05) is 61.7 Å². The van der Waals surface area contributed by atoms with Gasteiger partial charge in [-0.05, 0) is 73.4 Å². The van der Waals surface area contributed by atoms with E-state index < -0.39 is 51.1 Å². The van der Waals surface area contributed by atoms with Crippen molar-refractivity contribution in [1.29, 1.82) is 0 Å². The van der Waals surface area contributed by atoms with Crippen LogP contribution in [0.1, 0.15) is 24.3 Å². The summed E-state index contributed by atoms with van der Waals surface area (Å²) >= 11 is 21.1. The van der Waals surface area contributed by atoms with Crippen molar-refractivity contribution >= 4 is 95.8 Å². The Hall–Kier alpha value is -3.18. The molecule has 6 atom stereocenters. The van der Waals surface area contributed by atoms with Gasteiger partial charge in [-0.25, -0.2) is 0 Å². The molecule has 3 aromatic rings. The number of nitrogens with one attached hydrogen (secondary N) is 1. The van der Waals surface area contributed by atoms with Gasteiger partial charge in [0.1, 0.15) is 5.75 Å². The first kappa shape index (κ1) is 30.5. The van der Waals surface area contributed by atoms with Crippen molar-refractivity contribution in [2.45, 2.75) is 28.5 Å². The number of anilines is 3. The van der Waals surface area contributed by atoms with Crippen LogP contribution in [0, 0.1) is 17.8 Å². The first-order chi connectivity index (χ1) is 21.5. The van der Waals surface area contributed by atoms with E-state index in [0.717, 1.165) is 16.3 Å². The molecule has 0 aromatic heterocycles. The molecule has 45 heavy (non-hydrogen) atoms. The maximum Gasteiger partial charge on any atom is 0.254 e. The molecule has 2 heterocycles. The number of imide groups is 2. The van der Waals surface area contributed by atoms with E-state index in [-0.39, 0.29) is 30.0 Å². The summed E-state index contributed by atoms with van der Waals surface area (Å²) in [4.78, 5) is 54.0. The van der Waals surface area contributed by atoms with E-state index in [9.17, 15) is 24.3 Å². The minimum absolute atomic E-state index is 0.124. The molecule has 0 bridgehead atoms. The summed E-state index contributed by atoms with van der Waals surface area (Å²) in [6.07, 6.45) is 1.94. The van der Waals surface area contributed by atoms with E-state index in [0.29, 0.717) is 21.3 Å². The lowest BCUT2D eigenvalue weighted by Crippen LogP contribution is -2.60. The summed E-state index contributed by atoms with van der Waals surface area (Å²) in [5, 5.41) is 14.3. The summed E-state index contributed by atoms with van der Waals surface area (Å²) in [6, 6.07) is 21.4. The Morgan fingerprint density at radius 3 is 2.27 bits per heavy atom. The van der Waals surface area contributed by atoms with Gasteiger partial charge in [0, 0.05) is 27.3 Å². The van der Waals surface area contributed by atoms with Crippen LogP contribution in [0.3, 0.4) is 0 Å². The number of likely N-dealkylation sites (tertiary alicyclic amines) is 1. The summed E-state index contributed by atoms with van der Waals surface area (Å²) < 4.78 is 0.616. The predicted molar refractivity (Wildman–Crippen MR) is 178 cm³/mol. The molecule has 0 radical (unpaired) electrons. The lowest BCUT2D eigenvalue weighted by atomic mass is 9.56. The number of fused-ring (bicyclic) bond motifs is 4. The molecule has 4 aliphatic rings. The minimum atomic E-state index is -1.99. The van der Waals surface area contributed by atoms with Gasteiger partial charge < -0.3 is 10.4 Å². The number of allylic oxidation sites excluding steroid dienone is 2. The van der Waals surface area contributed by atoms with Gasteiger partial charge in [0.05, 0.1) is 23.0 Å². The predicted octanol–water partition coefficient (Wildman–Crippen LogP) is 6.81. The maximum absolute atomic E-state index is 14.2. The average Bonchev–Trinajstić information content (AvgIpc) is 3.37. The molecule has 2 saturated heterocycles. The Morgan fingerprint density at radius 1 is 0.889 bits per heavy atom. The van der Waals surface area contributed by atoms with Gasteiger partial charge >= 0.3 is 0 Å². The fourth-order valence-corrected chi connectivity index (χ4v) is 9.29. The standard InChI is InChI=1S/C33H25Br2Cl2N3O5/c34-16-39-30(44)32(36)15-24-21(27(33(32,37)31(39)45)23-14-17(35)6-13-25(23)41)11-12-22-26(24)29(43)40(28(22)42)20-9-7-19(8-10-20)38-18-4-2-1-3-5-18/h1-11,13-14,22,24,26-27,38,41H,12,15-16H2/t22-,24+,26-,27+,32+,33-/m0/s1. The fraction of sp³-hybridized carbons (Fsp3) is 0.273. The number of hydrogen-bond donors (Lipinski definition) is 2. The van der Waals surface area contributed by atoms with Gasteiger partial charge in [0.25, 0.3) is 11.8 Å². The van der Waals surface area contributed by atoms with Crippen molar-refractivity contribution in [3.8, 4) is 5.75 Å². The molecular formula is C33H25Br2Cl2N3O5. The molecule has 3 aromatic carbocycles. The van der Waals surface area contributed by atoms with Crippen LogP contribution >= 0.6 is 55.1 Å². The van der Waals surface area contributed by atoms with Crippen LogP contribution in [0.25, 0.3) is 0 Å². The third kappa shape index (κ3) is 4.36. The molecule has 0 spiro atoms. The van der Waals surface area contributed by atoms with E-state index in [2.05, 4.69) is 37.2 Å². The van der Waals surface area contributed by atoms with Crippen LogP contribution in [0.5, 0.6) is 5.75 Å². The number of halogens is 4. The number of phenols is 1. The molecule has 1 saturated carbocycles. The summed E-state index contributed by atoms with van der Waals surface area (Å²) in [7, 11) is 0. The van der Waals surface area contributed by atoms with E-state index in [4.69, 9.17) is 23.2 Å². The Bertz CT molecular complexity index is 1810. The van der Waals surface area contributed by atoms with Crippen LogP contribution in [0.2, 0.25) is 0 Å². The Balaban J connectivity index is 1.29. The highest BCUT2D eigenvalue weighted by Gasteiger charge is 2.76. The smallest absolute Gasteiger partial charge is 0.254 e. The second-order valence-electron chi connectivity index (χ2n) is 11.7. The van der Waals surface area contributed by atoms with E-state index >= 15 is 0 Å². The summed E-state index contributed by atoms with van der Waals surface area (Å²) in [6.45, 7) is 0. The van der Waals surface area contributed by atoms with Crippen LogP contribution in [0.15, 0.2) is 88.9 Å². The quantitative estimate of drug-likeness (QED) is 0.128. The molecule has 2 N–H and O–H groups in total. The first-order valence-corrected chi connectivity index (χ1v) is 17.0. The molecular weight excluding hydrogens is 749 g/mol. The maximum atomic E-state index is 14.2. The van der Waals surface area contributed by atoms with Crippen molar-refractivity contribution in [3.05, 3.63) is 94.5 Å². The molecule has 7 rings (SSSR count). The molecule has 4 amide bonds. The number of nitrogens with zero attached hydrogens (tertiary/aromatic N) is 2. The van der Waals surface area contributed by atoms with E-state index in [1.54, 1.807) is 36.4 Å². The van der Waals surface area contributed by atoms with Crippen molar-refractivity contribution in [2.24, 2.45) is 17.8 Å². The normalized spacial score (nSPS) is 30.6. The Morgan fingerprint density at radius 2 is 1.58 bits per heavy atom. The molecule has 3 fully saturated rings. The van der Waals surface area contributed by atoms with E-state index in [1.165, 1.54) is 11.0 Å². The number of aromatic hydroxyl groups is 1.